The van der Waals surface area contributed by atoms with Crippen LogP contribution in [0.4, 0.5) is 0 Å². The molecule has 0 saturated heterocycles. The van der Waals surface area contributed by atoms with Crippen molar-refractivity contribution < 1.29 is 8.42 Å². The highest BCUT2D eigenvalue weighted by molar-refractivity contribution is 7.89. The van der Waals surface area contributed by atoms with E-state index in [0.29, 0.717) is 10.8 Å². The maximum absolute atomic E-state index is 12.7. The Morgan fingerprint density at radius 1 is 1.25 bits per heavy atom. The molecule has 0 heterocycles. The van der Waals surface area contributed by atoms with Crippen molar-refractivity contribution in [1.82, 2.24) is 4.31 Å². The molecule has 0 bridgehead atoms. The smallest absolute Gasteiger partial charge is 0.207 e. The summed E-state index contributed by atoms with van der Waals surface area (Å²) in [5, 5.41) is 0. The van der Waals surface area contributed by atoms with Gasteiger partial charge in [-0.05, 0) is 42.5 Å². The van der Waals surface area contributed by atoms with E-state index in [2.05, 4.69) is 0 Å². The van der Waals surface area contributed by atoms with E-state index >= 15 is 0 Å². The monoisotopic (exact) mass is 315 g/mol. The molecule has 1 aliphatic carbocycles. The van der Waals surface area contributed by atoms with Crippen LogP contribution in [0, 0.1) is 0 Å². The zero-order chi connectivity index (χ0) is 14.8. The van der Waals surface area contributed by atoms with Gasteiger partial charge in [-0.1, -0.05) is 25.8 Å². The molecule has 0 amide bonds. The Labute approximate surface area is 127 Å². The molecule has 0 aliphatic heterocycles. The lowest BCUT2D eigenvalue weighted by atomic mass is 10.1. The average Bonchev–Trinajstić information content (AvgIpc) is 2.99. The molecular weight excluding hydrogens is 294 g/mol. The normalized spacial score (nSPS) is 17.0. The van der Waals surface area contributed by atoms with Crippen LogP contribution in [0.15, 0.2) is 23.1 Å². The first-order chi connectivity index (χ1) is 9.50. The standard InChI is InChI=1S/C15H22ClNO2S/c1-3-12-8-9-15(10-13(12)11-16)20(18,19)17(2)14-6-4-5-7-14/h8-10,14H,3-7,11H2,1-2H3. The summed E-state index contributed by atoms with van der Waals surface area (Å²) in [6.45, 7) is 2.05. The van der Waals surface area contributed by atoms with Crippen LogP contribution in [0.3, 0.4) is 0 Å². The number of aryl methyl sites for hydroxylation is 1. The van der Waals surface area contributed by atoms with Crippen LogP contribution < -0.4 is 0 Å². The summed E-state index contributed by atoms with van der Waals surface area (Å²) in [6.07, 6.45) is 5.02. The van der Waals surface area contributed by atoms with Crippen molar-refractivity contribution in [3.8, 4) is 0 Å². The molecule has 0 aromatic heterocycles. The van der Waals surface area contributed by atoms with Crippen molar-refractivity contribution in [3.05, 3.63) is 29.3 Å². The summed E-state index contributed by atoms with van der Waals surface area (Å²) in [4.78, 5) is 0.361. The number of halogens is 1. The molecule has 0 N–H and O–H groups in total. The molecule has 0 spiro atoms. The third kappa shape index (κ3) is 3.02. The Morgan fingerprint density at radius 3 is 2.45 bits per heavy atom. The number of alkyl halides is 1. The van der Waals surface area contributed by atoms with Gasteiger partial charge in [-0.15, -0.1) is 11.6 Å². The minimum absolute atomic E-state index is 0.144. The lowest BCUT2D eigenvalue weighted by Gasteiger charge is -2.24. The summed E-state index contributed by atoms with van der Waals surface area (Å²) < 4.78 is 26.9. The van der Waals surface area contributed by atoms with Crippen LogP contribution >= 0.6 is 11.6 Å². The Balaban J connectivity index is 2.33. The molecule has 1 aromatic rings. The van der Waals surface area contributed by atoms with Crippen molar-refractivity contribution in [3.63, 3.8) is 0 Å². The lowest BCUT2D eigenvalue weighted by molar-refractivity contribution is 0.373. The maximum Gasteiger partial charge on any atom is 0.243 e. The highest BCUT2D eigenvalue weighted by Crippen LogP contribution is 2.28. The van der Waals surface area contributed by atoms with Crippen molar-refractivity contribution in [1.29, 1.82) is 0 Å². The Bertz CT molecular complexity index is 565. The number of nitrogens with zero attached hydrogens (tertiary/aromatic N) is 1. The summed E-state index contributed by atoms with van der Waals surface area (Å²) in [7, 11) is -1.71. The molecule has 0 atom stereocenters. The zero-order valence-electron chi connectivity index (χ0n) is 12.1. The molecule has 2 rings (SSSR count). The average molecular weight is 316 g/mol. The topological polar surface area (TPSA) is 37.4 Å². The number of sulfonamides is 1. The van der Waals surface area contributed by atoms with E-state index < -0.39 is 10.0 Å². The third-order valence-electron chi connectivity index (χ3n) is 4.22. The fourth-order valence-electron chi connectivity index (χ4n) is 2.86. The Kier molecular flexibility index (Phi) is 5.10. The molecule has 1 aliphatic rings. The van der Waals surface area contributed by atoms with Crippen molar-refractivity contribution in [2.75, 3.05) is 7.05 Å². The Hall–Kier alpha value is -0.580. The molecule has 1 aromatic carbocycles. The van der Waals surface area contributed by atoms with Gasteiger partial charge in [0, 0.05) is 19.0 Å². The first-order valence-corrected chi connectivity index (χ1v) is 9.14. The first-order valence-electron chi connectivity index (χ1n) is 7.16. The van der Waals surface area contributed by atoms with E-state index in [1.165, 1.54) is 0 Å². The number of rotatable bonds is 5. The van der Waals surface area contributed by atoms with E-state index in [1.54, 1.807) is 23.5 Å². The van der Waals surface area contributed by atoms with Crippen LogP contribution in [0.5, 0.6) is 0 Å². The highest BCUT2D eigenvalue weighted by Gasteiger charge is 2.30. The van der Waals surface area contributed by atoms with Crippen molar-refractivity contribution in [2.24, 2.45) is 0 Å². The molecule has 1 saturated carbocycles. The molecule has 5 heteroatoms. The predicted molar refractivity (Wildman–Crippen MR) is 82.6 cm³/mol. The second kappa shape index (κ2) is 6.46. The lowest BCUT2D eigenvalue weighted by Crippen LogP contribution is -2.35. The number of hydrogen-bond acceptors (Lipinski definition) is 2. The number of benzene rings is 1. The highest BCUT2D eigenvalue weighted by atomic mass is 35.5. The fraction of sp³-hybridized carbons (Fsp3) is 0.600. The quantitative estimate of drug-likeness (QED) is 0.779. The van der Waals surface area contributed by atoms with Crippen molar-refractivity contribution >= 4 is 21.6 Å². The van der Waals surface area contributed by atoms with Crippen LogP contribution in [0.25, 0.3) is 0 Å². The molecule has 0 radical (unpaired) electrons. The molecule has 20 heavy (non-hydrogen) atoms. The van der Waals surface area contributed by atoms with Gasteiger partial charge >= 0.3 is 0 Å². The summed E-state index contributed by atoms with van der Waals surface area (Å²) in [5.74, 6) is 0.347. The van der Waals surface area contributed by atoms with Gasteiger partial charge in [0.2, 0.25) is 10.0 Å². The van der Waals surface area contributed by atoms with Gasteiger partial charge in [-0.2, -0.15) is 4.31 Å². The predicted octanol–water partition coefficient (Wildman–Crippen LogP) is 3.55. The minimum Gasteiger partial charge on any atom is -0.207 e. The summed E-state index contributed by atoms with van der Waals surface area (Å²) in [6, 6.07) is 5.46. The van der Waals surface area contributed by atoms with E-state index in [1.807, 2.05) is 13.0 Å². The second-order valence-electron chi connectivity index (χ2n) is 5.38. The third-order valence-corrected chi connectivity index (χ3v) is 6.41. The molecule has 0 unspecified atom stereocenters. The molecular formula is C15H22ClNO2S. The van der Waals surface area contributed by atoms with Gasteiger partial charge in [0.25, 0.3) is 0 Å². The maximum atomic E-state index is 12.7. The fourth-order valence-corrected chi connectivity index (χ4v) is 4.58. The van der Waals surface area contributed by atoms with Gasteiger partial charge in [-0.25, -0.2) is 8.42 Å². The first kappa shape index (κ1) is 15.8. The minimum atomic E-state index is -3.41. The summed E-state index contributed by atoms with van der Waals surface area (Å²) in [5.41, 5.74) is 2.03. The van der Waals surface area contributed by atoms with Gasteiger partial charge in [0.1, 0.15) is 0 Å². The van der Waals surface area contributed by atoms with Crippen molar-refractivity contribution in [2.45, 2.75) is 55.8 Å². The summed E-state index contributed by atoms with van der Waals surface area (Å²) >= 11 is 5.93. The number of hydrogen-bond donors (Lipinski definition) is 0. The van der Waals surface area contributed by atoms with Gasteiger partial charge in [0.15, 0.2) is 0 Å². The van der Waals surface area contributed by atoms with Crippen LogP contribution in [-0.2, 0) is 22.3 Å². The zero-order valence-corrected chi connectivity index (χ0v) is 13.7. The van der Waals surface area contributed by atoms with E-state index in [4.69, 9.17) is 11.6 Å². The van der Waals surface area contributed by atoms with Crippen LogP contribution in [0.1, 0.15) is 43.7 Å². The second-order valence-corrected chi connectivity index (χ2v) is 7.64. The van der Waals surface area contributed by atoms with E-state index in [9.17, 15) is 8.42 Å². The van der Waals surface area contributed by atoms with Gasteiger partial charge < -0.3 is 0 Å². The van der Waals surface area contributed by atoms with Gasteiger partial charge in [-0.3, -0.25) is 0 Å². The van der Waals surface area contributed by atoms with E-state index in [0.717, 1.165) is 43.2 Å². The molecule has 1 fully saturated rings. The van der Waals surface area contributed by atoms with Gasteiger partial charge in [0.05, 0.1) is 4.90 Å². The van der Waals surface area contributed by atoms with Crippen LogP contribution in [0.2, 0.25) is 0 Å². The van der Waals surface area contributed by atoms with Crippen LogP contribution in [-0.4, -0.2) is 25.8 Å². The Morgan fingerprint density at radius 2 is 1.90 bits per heavy atom. The molecule has 3 nitrogen and oxygen atoms in total. The largest absolute Gasteiger partial charge is 0.243 e. The SMILES string of the molecule is CCc1ccc(S(=O)(=O)N(C)C2CCCC2)cc1CCl. The van der Waals surface area contributed by atoms with E-state index in [-0.39, 0.29) is 6.04 Å². The molecule has 112 valence electrons.